The van der Waals surface area contributed by atoms with E-state index < -0.39 is 5.97 Å². The zero-order chi connectivity index (χ0) is 20.7. The number of para-hydroxylation sites is 1. The first-order chi connectivity index (χ1) is 14.6. The number of hydrogen-bond donors (Lipinski definition) is 2. The molecule has 0 bridgehead atoms. The van der Waals surface area contributed by atoms with Gasteiger partial charge in [-0.15, -0.1) is 0 Å². The summed E-state index contributed by atoms with van der Waals surface area (Å²) in [6.07, 6.45) is 3.99. The lowest BCUT2D eigenvalue weighted by atomic mass is 9.82. The molecule has 2 aliphatic rings. The van der Waals surface area contributed by atoms with E-state index in [9.17, 15) is 14.7 Å². The van der Waals surface area contributed by atoms with E-state index in [0.717, 1.165) is 36.0 Å². The van der Waals surface area contributed by atoms with Gasteiger partial charge >= 0.3 is 5.97 Å². The highest BCUT2D eigenvalue weighted by Gasteiger charge is 2.30. The van der Waals surface area contributed by atoms with Crippen LogP contribution in [-0.4, -0.2) is 44.4 Å². The number of ether oxygens (including phenoxy) is 1. The molecular formula is C22H22N4O4. The fraction of sp³-hybridized carbons (Fsp3) is 0.364. The van der Waals surface area contributed by atoms with Gasteiger partial charge in [0.25, 0.3) is 0 Å². The summed E-state index contributed by atoms with van der Waals surface area (Å²) in [4.78, 5) is 27.7. The molecule has 1 saturated carbocycles. The quantitative estimate of drug-likeness (QED) is 0.675. The summed E-state index contributed by atoms with van der Waals surface area (Å²) in [5, 5.41) is 18.1. The first-order valence-corrected chi connectivity index (χ1v) is 10.3. The highest BCUT2D eigenvalue weighted by atomic mass is 16.5. The molecule has 1 amide bonds. The molecule has 1 aliphatic heterocycles. The molecule has 2 fully saturated rings. The zero-order valence-electron chi connectivity index (χ0n) is 16.4. The van der Waals surface area contributed by atoms with Crippen LogP contribution >= 0.6 is 0 Å². The Balaban J connectivity index is 1.68. The van der Waals surface area contributed by atoms with Gasteiger partial charge in [0.2, 0.25) is 5.91 Å². The van der Waals surface area contributed by atoms with Crippen molar-refractivity contribution in [3.8, 4) is 11.4 Å². The Hall–Kier alpha value is -3.42. The highest BCUT2D eigenvalue weighted by molar-refractivity contribution is 5.94. The molecule has 1 aliphatic carbocycles. The van der Waals surface area contributed by atoms with Crippen LogP contribution in [-0.2, 0) is 4.79 Å². The van der Waals surface area contributed by atoms with Gasteiger partial charge in [-0.1, -0.05) is 24.6 Å². The molecule has 0 radical (unpaired) electrons. The predicted molar refractivity (Wildman–Crippen MR) is 109 cm³/mol. The number of nitrogens with one attached hydrogen (secondary N) is 1. The molecule has 8 heteroatoms. The number of nitrogens with zero attached hydrogens (tertiary/aromatic N) is 3. The molecule has 8 nitrogen and oxygen atoms in total. The van der Waals surface area contributed by atoms with Gasteiger partial charge in [0.1, 0.15) is 11.9 Å². The summed E-state index contributed by atoms with van der Waals surface area (Å²) >= 11 is 0. The fourth-order valence-electron chi connectivity index (χ4n) is 4.02. The number of rotatable bonds is 5. The SMILES string of the molecule is O=C1CC[C@H](Oc2cc(C(=O)O)nc3c2c(C2CCC2)nn3-c2ccccc2)CN1. The first-order valence-electron chi connectivity index (χ1n) is 10.3. The van der Waals surface area contributed by atoms with Crippen LogP contribution in [0.2, 0.25) is 0 Å². The Morgan fingerprint density at radius 2 is 2.00 bits per heavy atom. The molecule has 1 aromatic carbocycles. The smallest absolute Gasteiger partial charge is 0.354 e. The third-order valence-electron chi connectivity index (χ3n) is 5.85. The van der Waals surface area contributed by atoms with Crippen LogP contribution in [0.25, 0.3) is 16.7 Å². The largest absolute Gasteiger partial charge is 0.488 e. The number of carbonyl (C=O) groups is 2. The van der Waals surface area contributed by atoms with Crippen molar-refractivity contribution in [3.63, 3.8) is 0 Å². The van der Waals surface area contributed by atoms with E-state index in [0.29, 0.717) is 36.7 Å². The number of pyridine rings is 1. The second-order valence-electron chi connectivity index (χ2n) is 7.85. The lowest BCUT2D eigenvalue weighted by molar-refractivity contribution is -0.123. The summed E-state index contributed by atoms with van der Waals surface area (Å²) in [6.45, 7) is 0.399. The molecular weight excluding hydrogens is 384 g/mol. The summed E-state index contributed by atoms with van der Waals surface area (Å²) in [5.74, 6) is -0.330. The third-order valence-corrected chi connectivity index (χ3v) is 5.85. The van der Waals surface area contributed by atoms with Crippen molar-refractivity contribution in [1.29, 1.82) is 0 Å². The van der Waals surface area contributed by atoms with Crippen LogP contribution in [0.15, 0.2) is 36.4 Å². The maximum Gasteiger partial charge on any atom is 0.354 e. The standard InChI is InChI=1S/C22H22N4O4/c27-18-10-9-15(12-23-18)30-17-11-16(22(28)29)24-21-19(17)20(13-5-4-6-13)25-26(21)14-7-2-1-3-8-14/h1-3,7-8,11,13,15H,4-6,9-10,12H2,(H,23,27)(H,28,29)/t15-/m0/s1. The Morgan fingerprint density at radius 3 is 2.63 bits per heavy atom. The first kappa shape index (κ1) is 18.6. The maximum absolute atomic E-state index is 11.8. The van der Waals surface area contributed by atoms with Crippen LogP contribution in [0.3, 0.4) is 0 Å². The molecule has 2 aromatic heterocycles. The Kier molecular flexibility index (Phi) is 4.61. The van der Waals surface area contributed by atoms with Crippen LogP contribution in [0.1, 0.15) is 54.2 Å². The number of carboxylic acids is 1. The number of carbonyl (C=O) groups excluding carboxylic acids is 1. The Morgan fingerprint density at radius 1 is 1.20 bits per heavy atom. The van der Waals surface area contributed by atoms with E-state index in [1.54, 1.807) is 4.68 Å². The van der Waals surface area contributed by atoms with E-state index in [4.69, 9.17) is 9.84 Å². The van der Waals surface area contributed by atoms with Crippen LogP contribution < -0.4 is 10.1 Å². The molecule has 5 rings (SSSR count). The van der Waals surface area contributed by atoms with Crippen LogP contribution in [0, 0.1) is 0 Å². The van der Waals surface area contributed by atoms with Crippen molar-refractivity contribution in [3.05, 3.63) is 47.8 Å². The minimum atomic E-state index is -1.12. The fourth-order valence-corrected chi connectivity index (χ4v) is 4.02. The monoisotopic (exact) mass is 406 g/mol. The number of benzene rings is 1. The molecule has 3 heterocycles. The second-order valence-corrected chi connectivity index (χ2v) is 7.85. The van der Waals surface area contributed by atoms with Crippen LogP contribution in [0.5, 0.6) is 5.75 Å². The summed E-state index contributed by atoms with van der Waals surface area (Å²) < 4.78 is 7.96. The van der Waals surface area contributed by atoms with Gasteiger partial charge in [-0.3, -0.25) is 4.79 Å². The number of piperidine rings is 1. The molecule has 154 valence electrons. The molecule has 3 aromatic rings. The molecule has 30 heavy (non-hydrogen) atoms. The van der Waals surface area contributed by atoms with Crippen molar-refractivity contribution < 1.29 is 19.4 Å². The molecule has 0 unspecified atom stereocenters. The average Bonchev–Trinajstić information content (AvgIpc) is 3.08. The minimum absolute atomic E-state index is 0.00741. The van der Waals surface area contributed by atoms with E-state index >= 15 is 0 Å². The van der Waals surface area contributed by atoms with Crippen molar-refractivity contribution in [2.45, 2.75) is 44.1 Å². The second kappa shape index (κ2) is 7.44. The van der Waals surface area contributed by atoms with Crippen LogP contribution in [0.4, 0.5) is 0 Å². The van der Waals surface area contributed by atoms with Gasteiger partial charge in [0, 0.05) is 18.4 Å². The van der Waals surface area contributed by atoms with Crippen molar-refractivity contribution >= 4 is 22.9 Å². The van der Waals surface area contributed by atoms with Gasteiger partial charge in [0.15, 0.2) is 11.3 Å². The molecule has 1 saturated heterocycles. The number of aromatic carboxylic acids is 1. The topological polar surface area (TPSA) is 106 Å². The maximum atomic E-state index is 11.8. The number of amides is 1. The average molecular weight is 406 g/mol. The minimum Gasteiger partial charge on any atom is -0.488 e. The van der Waals surface area contributed by atoms with E-state index in [1.165, 1.54) is 6.07 Å². The van der Waals surface area contributed by atoms with Crippen molar-refractivity contribution in [1.82, 2.24) is 20.1 Å². The summed E-state index contributed by atoms with van der Waals surface area (Å²) in [5.41, 5.74) is 2.12. The summed E-state index contributed by atoms with van der Waals surface area (Å²) in [7, 11) is 0. The number of fused-ring (bicyclic) bond motifs is 1. The number of carboxylic acid groups (broad SMARTS) is 1. The van der Waals surface area contributed by atoms with Gasteiger partial charge in [0.05, 0.1) is 23.3 Å². The van der Waals surface area contributed by atoms with E-state index in [1.807, 2.05) is 30.3 Å². The Labute approximate surface area is 172 Å². The van der Waals surface area contributed by atoms with Crippen molar-refractivity contribution in [2.75, 3.05) is 6.54 Å². The van der Waals surface area contributed by atoms with E-state index in [-0.39, 0.29) is 17.7 Å². The number of aromatic nitrogens is 3. The Bertz CT molecular complexity index is 1110. The molecule has 2 N–H and O–H groups in total. The normalized spacial score (nSPS) is 19.3. The van der Waals surface area contributed by atoms with Gasteiger partial charge in [-0.05, 0) is 31.4 Å². The lowest BCUT2D eigenvalue weighted by Crippen LogP contribution is -2.40. The van der Waals surface area contributed by atoms with Gasteiger partial charge in [-0.2, -0.15) is 5.10 Å². The highest BCUT2D eigenvalue weighted by Crippen LogP contribution is 2.42. The lowest BCUT2D eigenvalue weighted by Gasteiger charge is -2.26. The zero-order valence-corrected chi connectivity index (χ0v) is 16.4. The van der Waals surface area contributed by atoms with Crippen molar-refractivity contribution in [2.24, 2.45) is 0 Å². The molecule has 1 atom stereocenters. The third kappa shape index (κ3) is 3.28. The summed E-state index contributed by atoms with van der Waals surface area (Å²) in [6, 6.07) is 11.1. The van der Waals surface area contributed by atoms with E-state index in [2.05, 4.69) is 10.3 Å². The van der Waals surface area contributed by atoms with Gasteiger partial charge < -0.3 is 15.2 Å². The predicted octanol–water partition coefficient (Wildman–Crippen LogP) is 3.04. The molecule has 0 spiro atoms. The van der Waals surface area contributed by atoms with Gasteiger partial charge in [-0.25, -0.2) is 14.5 Å². The number of hydrogen-bond acceptors (Lipinski definition) is 5.